The molecule has 0 amide bonds. The average Bonchev–Trinajstić information content (AvgIpc) is 2.56. The van der Waals surface area contributed by atoms with Crippen molar-refractivity contribution in [2.75, 3.05) is 13.7 Å². The Hall–Kier alpha value is -2.25. The smallest absolute Gasteiger partial charge is 0.387 e. The summed E-state index contributed by atoms with van der Waals surface area (Å²) in [4.78, 5) is 3.88. The van der Waals surface area contributed by atoms with Crippen molar-refractivity contribution in [3.63, 3.8) is 0 Å². The second-order valence-corrected chi connectivity index (χ2v) is 4.78. The maximum Gasteiger partial charge on any atom is 0.387 e. The normalized spacial score (nSPS) is 12.2. The number of hydrogen-bond donors (Lipinski definition) is 2. The number of ether oxygens (including phenoxy) is 2. The molecule has 5 nitrogen and oxygen atoms in total. The number of pyridine rings is 1. The van der Waals surface area contributed by atoms with Gasteiger partial charge in [-0.2, -0.15) is 8.78 Å². The van der Waals surface area contributed by atoms with Crippen LogP contribution in [0.2, 0.25) is 0 Å². The Morgan fingerprint density at radius 1 is 1.22 bits per heavy atom. The summed E-state index contributed by atoms with van der Waals surface area (Å²) in [6.07, 6.45) is 2.47. The number of alkyl halides is 2. The predicted molar refractivity (Wildman–Crippen MR) is 80.5 cm³/mol. The molecular formula is C16H18F2N2O3. The third-order valence-corrected chi connectivity index (χ3v) is 3.23. The number of aromatic nitrogens is 1. The summed E-state index contributed by atoms with van der Waals surface area (Å²) in [5, 5.41) is 13.1. The second-order valence-electron chi connectivity index (χ2n) is 4.78. The van der Waals surface area contributed by atoms with Gasteiger partial charge in [-0.15, -0.1) is 0 Å². The quantitative estimate of drug-likeness (QED) is 0.781. The Kier molecular flexibility index (Phi) is 6.25. The molecule has 1 aromatic heterocycles. The van der Waals surface area contributed by atoms with Crippen LogP contribution in [0, 0.1) is 0 Å². The van der Waals surface area contributed by atoms with E-state index in [4.69, 9.17) is 4.74 Å². The number of aliphatic hydroxyl groups excluding tert-OH is 1. The number of aliphatic hydroxyl groups is 1. The van der Waals surface area contributed by atoms with Gasteiger partial charge in [0, 0.05) is 31.0 Å². The number of benzene rings is 1. The molecule has 1 unspecified atom stereocenters. The molecule has 1 atom stereocenters. The molecule has 2 N–H and O–H groups in total. The molecule has 0 radical (unpaired) electrons. The van der Waals surface area contributed by atoms with E-state index in [2.05, 4.69) is 15.0 Å². The van der Waals surface area contributed by atoms with Crippen molar-refractivity contribution in [3.05, 3.63) is 53.9 Å². The molecule has 2 rings (SSSR count). The molecular weight excluding hydrogens is 306 g/mol. The number of methoxy groups -OCH3 is 1. The van der Waals surface area contributed by atoms with E-state index in [9.17, 15) is 13.9 Å². The van der Waals surface area contributed by atoms with Gasteiger partial charge in [0.15, 0.2) is 0 Å². The highest BCUT2D eigenvalue weighted by Crippen LogP contribution is 2.25. The number of hydrogen-bond acceptors (Lipinski definition) is 5. The van der Waals surface area contributed by atoms with Crippen LogP contribution in [-0.2, 0) is 6.54 Å². The summed E-state index contributed by atoms with van der Waals surface area (Å²) in [6, 6.07) is 8.02. The zero-order chi connectivity index (χ0) is 16.7. The Morgan fingerprint density at radius 2 is 1.96 bits per heavy atom. The highest BCUT2D eigenvalue weighted by atomic mass is 19.3. The maximum atomic E-state index is 12.4. The molecule has 0 bridgehead atoms. The number of halogens is 2. The summed E-state index contributed by atoms with van der Waals surface area (Å²) in [6.45, 7) is -2.39. The molecule has 0 saturated heterocycles. The topological polar surface area (TPSA) is 63.6 Å². The van der Waals surface area contributed by atoms with Crippen LogP contribution in [0.4, 0.5) is 8.78 Å². The molecule has 0 aliphatic carbocycles. The molecule has 124 valence electrons. The maximum absolute atomic E-state index is 12.4. The number of nitrogens with one attached hydrogen (secondary N) is 1. The van der Waals surface area contributed by atoms with Crippen LogP contribution in [0.3, 0.4) is 0 Å². The fraction of sp³-hybridized carbons (Fsp3) is 0.312. The molecule has 23 heavy (non-hydrogen) atoms. The second kappa shape index (κ2) is 8.40. The molecule has 0 spiro atoms. The van der Waals surface area contributed by atoms with E-state index < -0.39 is 12.7 Å². The summed E-state index contributed by atoms with van der Waals surface area (Å²) in [5.41, 5.74) is 1.24. The van der Waals surface area contributed by atoms with Gasteiger partial charge in [-0.1, -0.05) is 0 Å². The molecule has 2 aromatic rings. The van der Waals surface area contributed by atoms with E-state index in [0.29, 0.717) is 11.3 Å². The van der Waals surface area contributed by atoms with Crippen LogP contribution in [0.25, 0.3) is 0 Å². The van der Waals surface area contributed by atoms with Gasteiger partial charge in [0.1, 0.15) is 11.5 Å². The summed E-state index contributed by atoms with van der Waals surface area (Å²) >= 11 is 0. The first-order valence-electron chi connectivity index (χ1n) is 7.00. The van der Waals surface area contributed by atoms with Gasteiger partial charge in [-0.3, -0.25) is 4.98 Å². The van der Waals surface area contributed by atoms with E-state index in [1.807, 2.05) is 0 Å². The fourth-order valence-electron chi connectivity index (χ4n) is 2.08. The molecule has 0 aliphatic heterocycles. The fourth-order valence-corrected chi connectivity index (χ4v) is 2.08. The SMILES string of the molecule is COc1ccc(OC(F)F)c(CNCC(O)c2ccncc2)c1. The zero-order valence-electron chi connectivity index (χ0n) is 12.6. The van der Waals surface area contributed by atoms with Crippen LogP contribution >= 0.6 is 0 Å². The average molecular weight is 324 g/mol. The van der Waals surface area contributed by atoms with E-state index in [1.54, 1.807) is 36.7 Å². The minimum absolute atomic E-state index is 0.0756. The van der Waals surface area contributed by atoms with Gasteiger partial charge < -0.3 is 19.9 Å². The first kappa shape index (κ1) is 17.1. The lowest BCUT2D eigenvalue weighted by molar-refractivity contribution is -0.0505. The van der Waals surface area contributed by atoms with Crippen molar-refractivity contribution in [3.8, 4) is 11.5 Å². The highest BCUT2D eigenvalue weighted by Gasteiger charge is 2.12. The van der Waals surface area contributed by atoms with Crippen LogP contribution < -0.4 is 14.8 Å². The van der Waals surface area contributed by atoms with Gasteiger partial charge in [0.25, 0.3) is 0 Å². The Morgan fingerprint density at radius 3 is 2.61 bits per heavy atom. The molecule has 0 aliphatic rings. The van der Waals surface area contributed by atoms with Crippen LogP contribution in [0.1, 0.15) is 17.2 Å². The lowest BCUT2D eigenvalue weighted by Gasteiger charge is -2.15. The summed E-state index contributed by atoms with van der Waals surface area (Å²) < 4.78 is 34.4. The van der Waals surface area contributed by atoms with Crippen molar-refractivity contribution in [2.24, 2.45) is 0 Å². The van der Waals surface area contributed by atoms with Crippen molar-refractivity contribution < 1.29 is 23.4 Å². The summed E-state index contributed by atoms with van der Waals surface area (Å²) in [7, 11) is 1.49. The van der Waals surface area contributed by atoms with Crippen molar-refractivity contribution in [2.45, 2.75) is 19.3 Å². The first-order chi connectivity index (χ1) is 11.1. The molecule has 0 saturated carbocycles. The molecule has 1 aromatic carbocycles. The highest BCUT2D eigenvalue weighted by molar-refractivity contribution is 5.40. The standard InChI is InChI=1S/C16H18F2N2O3/c1-22-13-2-3-15(23-16(17)18)12(8-13)9-20-10-14(21)11-4-6-19-7-5-11/h2-8,14,16,20-21H,9-10H2,1H3. The van der Waals surface area contributed by atoms with Crippen molar-refractivity contribution in [1.82, 2.24) is 10.3 Å². The summed E-state index contributed by atoms with van der Waals surface area (Å²) in [5.74, 6) is 0.616. The van der Waals surface area contributed by atoms with E-state index in [0.717, 1.165) is 5.56 Å². The van der Waals surface area contributed by atoms with E-state index >= 15 is 0 Å². The predicted octanol–water partition coefficient (Wildman–Crippen LogP) is 2.51. The Balaban J connectivity index is 1.98. The van der Waals surface area contributed by atoms with Gasteiger partial charge in [-0.05, 0) is 35.9 Å². The largest absolute Gasteiger partial charge is 0.497 e. The van der Waals surface area contributed by atoms with Gasteiger partial charge >= 0.3 is 6.61 Å². The van der Waals surface area contributed by atoms with Crippen molar-refractivity contribution >= 4 is 0 Å². The molecule has 1 heterocycles. The minimum Gasteiger partial charge on any atom is -0.497 e. The van der Waals surface area contributed by atoms with Crippen LogP contribution in [0.15, 0.2) is 42.7 Å². The van der Waals surface area contributed by atoms with Gasteiger partial charge in [-0.25, -0.2) is 0 Å². The zero-order valence-corrected chi connectivity index (χ0v) is 12.6. The van der Waals surface area contributed by atoms with Crippen LogP contribution in [-0.4, -0.2) is 30.4 Å². The third kappa shape index (κ3) is 5.15. The Labute approximate surface area is 132 Å². The van der Waals surface area contributed by atoms with Gasteiger partial charge in [0.05, 0.1) is 13.2 Å². The van der Waals surface area contributed by atoms with Crippen LogP contribution in [0.5, 0.6) is 11.5 Å². The van der Waals surface area contributed by atoms with Crippen molar-refractivity contribution in [1.29, 1.82) is 0 Å². The monoisotopic (exact) mass is 324 g/mol. The first-order valence-corrected chi connectivity index (χ1v) is 7.00. The lowest BCUT2D eigenvalue weighted by Crippen LogP contribution is -2.21. The minimum atomic E-state index is -2.90. The molecule has 0 fully saturated rings. The van der Waals surface area contributed by atoms with Gasteiger partial charge in [0.2, 0.25) is 0 Å². The van der Waals surface area contributed by atoms with E-state index in [1.165, 1.54) is 13.2 Å². The molecule has 7 heteroatoms. The lowest BCUT2D eigenvalue weighted by atomic mass is 10.1. The number of nitrogens with zero attached hydrogens (tertiary/aromatic N) is 1. The Bertz CT molecular complexity index is 612. The third-order valence-electron chi connectivity index (χ3n) is 3.23. The van der Waals surface area contributed by atoms with E-state index in [-0.39, 0.29) is 18.8 Å². The number of rotatable bonds is 8.